The Labute approximate surface area is 281 Å². The van der Waals surface area contributed by atoms with E-state index in [1.165, 1.54) is 11.8 Å². The molecule has 0 spiro atoms. The lowest BCUT2D eigenvalue weighted by Crippen LogP contribution is -3.00. The highest BCUT2D eigenvalue weighted by Crippen LogP contribution is 2.12. The van der Waals surface area contributed by atoms with E-state index < -0.39 is 5.97 Å². The van der Waals surface area contributed by atoms with Crippen molar-refractivity contribution in [3.05, 3.63) is 7.43 Å². The van der Waals surface area contributed by atoms with Crippen molar-refractivity contribution in [1.82, 2.24) is 9.80 Å². The molecule has 2 rings (SSSR count). The number of hydrogen-bond acceptors (Lipinski definition) is 8. The van der Waals surface area contributed by atoms with Crippen LogP contribution in [0.15, 0.2) is 0 Å². The van der Waals surface area contributed by atoms with E-state index in [2.05, 4.69) is 0 Å². The van der Waals surface area contributed by atoms with Crippen LogP contribution in [0.1, 0.15) is 99.8 Å². The molecule has 2 fully saturated rings. The predicted molar refractivity (Wildman–Crippen MR) is 174 cm³/mol. The van der Waals surface area contributed by atoms with Gasteiger partial charge in [-0.05, 0) is 25.7 Å². The lowest BCUT2D eigenvalue weighted by atomic mass is 10.2. The fourth-order valence-electron chi connectivity index (χ4n) is 3.59. The van der Waals surface area contributed by atoms with E-state index in [0.717, 1.165) is 44.1 Å². The summed E-state index contributed by atoms with van der Waals surface area (Å²) in [6.07, 6.45) is 6.05. The third-order valence-corrected chi connectivity index (χ3v) is 7.55. The first kappa shape index (κ1) is 50.5. The van der Waals surface area contributed by atoms with Crippen molar-refractivity contribution >= 4 is 58.7 Å². The number of likely N-dealkylation sites (tertiary alicyclic amines) is 2. The monoisotopic (exact) mass is 748 g/mol. The summed E-state index contributed by atoms with van der Waals surface area (Å²) in [5.41, 5.74) is 0. The molecule has 0 aromatic heterocycles. The summed E-state index contributed by atoms with van der Waals surface area (Å²) >= 11 is 2.52. The number of aliphatic carboxylic acids is 1. The van der Waals surface area contributed by atoms with Crippen LogP contribution in [-0.4, -0.2) is 99.2 Å². The molecule has 0 saturated carbocycles. The summed E-state index contributed by atoms with van der Waals surface area (Å²) in [7, 11) is 0. The van der Waals surface area contributed by atoms with Gasteiger partial charge in [0.1, 0.15) is 17.3 Å². The van der Waals surface area contributed by atoms with E-state index in [0.29, 0.717) is 63.1 Å². The molecule has 2 aliphatic rings. The number of halogens is 1. The molecule has 0 atom stereocenters. The van der Waals surface area contributed by atoms with Gasteiger partial charge in [-0.1, -0.05) is 42.0 Å². The van der Waals surface area contributed by atoms with Gasteiger partial charge < -0.3 is 46.3 Å². The first-order valence-electron chi connectivity index (χ1n) is 14.2. The predicted octanol–water partition coefficient (Wildman–Crippen LogP) is 2.59. The van der Waals surface area contributed by atoms with Crippen LogP contribution in [0, 0.1) is 7.43 Å². The summed E-state index contributed by atoms with van der Waals surface area (Å²) < 4.78 is 0. The highest BCUT2D eigenvalue weighted by molar-refractivity contribution is 8.00. The second-order valence-corrected chi connectivity index (χ2v) is 10.5. The van der Waals surface area contributed by atoms with E-state index in [9.17, 15) is 28.8 Å². The number of ketones is 3. The number of nitrogens with zero attached hydrogens (tertiary/aromatic N) is 2. The number of rotatable bonds is 17. The lowest BCUT2D eigenvalue weighted by Gasteiger charge is -2.14. The van der Waals surface area contributed by atoms with Crippen molar-refractivity contribution in [3.63, 3.8) is 0 Å². The van der Waals surface area contributed by atoms with Crippen molar-refractivity contribution in [2.75, 3.05) is 49.2 Å². The molecule has 0 aromatic rings. The Morgan fingerprint density at radius 2 is 1.07 bits per heavy atom. The molecule has 2 heterocycles. The van der Waals surface area contributed by atoms with Crippen molar-refractivity contribution in [3.8, 4) is 0 Å². The Morgan fingerprint density at radius 1 is 0.714 bits per heavy atom. The Morgan fingerprint density at radius 3 is 1.38 bits per heavy atom. The molecule has 12 heteroatoms. The SMILES string of the molecule is C.CC.CC.CCC(=O)CSCC(=O)CCCN1CCCC1=O.O=C(O)CSCC(=O)CCCN1CCCC1=O.[CH3-].[I-]. The Kier molecular flexibility index (Phi) is 41.3. The molecule has 250 valence electrons. The fraction of sp³-hybridized carbons (Fsp3) is 0.767. The van der Waals surface area contributed by atoms with Crippen molar-refractivity contribution in [2.45, 2.75) is 99.8 Å². The molecule has 2 aliphatic heterocycles. The zero-order valence-corrected chi connectivity index (χ0v) is 29.8. The van der Waals surface area contributed by atoms with Crippen LogP contribution in [0.2, 0.25) is 0 Å². The molecule has 0 aromatic carbocycles. The Bertz CT molecular complexity index is 755. The van der Waals surface area contributed by atoms with Crippen molar-refractivity contribution in [1.29, 1.82) is 0 Å². The number of carboxylic acids is 1. The van der Waals surface area contributed by atoms with Gasteiger partial charge in [-0.15, -0.1) is 23.5 Å². The van der Waals surface area contributed by atoms with Crippen LogP contribution in [-0.2, 0) is 28.8 Å². The smallest absolute Gasteiger partial charge is 0.313 e. The van der Waals surface area contributed by atoms with Gasteiger partial charge >= 0.3 is 5.97 Å². The third kappa shape index (κ3) is 27.7. The molecular formula is C30H57IN2O7S2-2. The minimum Gasteiger partial charge on any atom is -1.00 e. The summed E-state index contributed by atoms with van der Waals surface area (Å²) in [6.45, 7) is 12.8. The number of hydrogen-bond donors (Lipinski definition) is 1. The second-order valence-electron chi connectivity index (χ2n) is 8.52. The highest BCUT2D eigenvalue weighted by Gasteiger charge is 2.20. The lowest BCUT2D eigenvalue weighted by molar-refractivity contribution is -0.134. The average Bonchev–Trinajstić information content (AvgIpc) is 3.53. The minimum absolute atomic E-state index is 0. The van der Waals surface area contributed by atoms with Gasteiger partial charge in [-0.25, -0.2) is 0 Å². The average molecular weight is 749 g/mol. The molecule has 0 bridgehead atoms. The van der Waals surface area contributed by atoms with Crippen LogP contribution >= 0.6 is 23.5 Å². The molecule has 42 heavy (non-hydrogen) atoms. The molecule has 0 radical (unpaired) electrons. The van der Waals surface area contributed by atoms with E-state index in [1.54, 1.807) is 4.90 Å². The maximum Gasteiger partial charge on any atom is 0.313 e. The molecule has 2 amide bonds. The zero-order chi connectivity index (χ0) is 30.1. The van der Waals surface area contributed by atoms with E-state index in [4.69, 9.17) is 5.11 Å². The third-order valence-electron chi connectivity index (χ3n) is 5.52. The van der Waals surface area contributed by atoms with Crippen LogP contribution in [0.3, 0.4) is 0 Å². The van der Waals surface area contributed by atoms with Gasteiger partial charge in [0.05, 0.1) is 23.0 Å². The van der Waals surface area contributed by atoms with Gasteiger partial charge in [0.15, 0.2) is 0 Å². The minimum atomic E-state index is -0.898. The highest BCUT2D eigenvalue weighted by atomic mass is 127. The number of Topliss-reactive ketones (excluding diaryl/α,β-unsaturated/α-hetero) is 3. The number of carbonyl (C=O) groups excluding carboxylic acids is 5. The van der Waals surface area contributed by atoms with Crippen molar-refractivity contribution in [2.24, 2.45) is 0 Å². The zero-order valence-electron chi connectivity index (χ0n) is 26.0. The van der Waals surface area contributed by atoms with Gasteiger partial charge in [0, 0.05) is 58.3 Å². The van der Waals surface area contributed by atoms with Gasteiger partial charge in [0.25, 0.3) is 0 Å². The fourth-order valence-corrected chi connectivity index (χ4v) is 5.15. The Hall–Kier alpha value is -1.15. The van der Waals surface area contributed by atoms with Gasteiger partial charge in [0.2, 0.25) is 11.8 Å². The quantitative estimate of drug-likeness (QED) is 0.176. The molecule has 2 saturated heterocycles. The Balaban J connectivity index is -0.000000183. The molecule has 9 nitrogen and oxygen atoms in total. The van der Waals surface area contributed by atoms with Gasteiger partial charge in [-0.2, -0.15) is 0 Å². The van der Waals surface area contributed by atoms with Crippen LogP contribution in [0.25, 0.3) is 0 Å². The first-order valence-corrected chi connectivity index (χ1v) is 16.5. The number of carbonyl (C=O) groups is 6. The molecule has 1 N–H and O–H groups in total. The maximum atomic E-state index is 11.5. The van der Waals surface area contributed by atoms with Crippen LogP contribution < -0.4 is 24.0 Å². The molecule has 0 unspecified atom stereocenters. The summed E-state index contributed by atoms with van der Waals surface area (Å²) in [5, 5.41) is 8.40. The largest absolute Gasteiger partial charge is 1.00 e. The number of amides is 2. The normalized spacial score (nSPS) is 13.0. The maximum absolute atomic E-state index is 11.5. The number of thioether (sulfide) groups is 2. The van der Waals surface area contributed by atoms with Crippen molar-refractivity contribution < 1.29 is 57.9 Å². The topological polar surface area (TPSA) is 129 Å². The standard InChI is InChI=1S/C13H21NO3S.C11H17NO4S.2C2H6.CH4.CH3.HI/c1-2-11(15)9-18-10-12(16)5-3-7-14-8-4-6-13(14)17;13-9(7-17-8-11(15)16)3-1-5-12-6-2-4-10(12)14;2*1-2;;;/h2-10H2,1H3;1-8H2,(H,15,16);2*1-2H3;1H4;1H3;1H/q;;;;;-1;/p-1. The van der Waals surface area contributed by atoms with E-state index in [-0.39, 0.29) is 79.5 Å². The van der Waals surface area contributed by atoms with Crippen LogP contribution in [0.5, 0.6) is 0 Å². The van der Waals surface area contributed by atoms with E-state index in [1.807, 2.05) is 39.5 Å². The van der Waals surface area contributed by atoms with Gasteiger partial charge in [-0.3, -0.25) is 28.8 Å². The van der Waals surface area contributed by atoms with E-state index >= 15 is 0 Å². The number of carboxylic acid groups (broad SMARTS) is 1. The van der Waals surface area contributed by atoms with Crippen LogP contribution in [0.4, 0.5) is 0 Å². The molecule has 0 aliphatic carbocycles. The second kappa shape index (κ2) is 34.3. The first-order chi connectivity index (χ1) is 18.7. The summed E-state index contributed by atoms with van der Waals surface area (Å²) in [6, 6.07) is 0. The summed E-state index contributed by atoms with van der Waals surface area (Å²) in [5.74, 6) is 0.991. The molecular weight excluding hydrogens is 691 g/mol. The summed E-state index contributed by atoms with van der Waals surface area (Å²) in [4.78, 5) is 70.4.